The summed E-state index contributed by atoms with van der Waals surface area (Å²) in [5, 5.41) is 3.22. The van der Waals surface area contributed by atoms with Crippen molar-refractivity contribution in [3.8, 4) is 0 Å². The van der Waals surface area contributed by atoms with E-state index in [2.05, 4.69) is 5.32 Å². The summed E-state index contributed by atoms with van der Waals surface area (Å²) in [7, 11) is -3.68. The number of carbonyl (C=O) groups is 3. The van der Waals surface area contributed by atoms with E-state index >= 15 is 0 Å². The van der Waals surface area contributed by atoms with E-state index in [1.807, 2.05) is 6.92 Å². The molecule has 186 valence electrons. The van der Waals surface area contributed by atoms with Crippen molar-refractivity contribution in [2.75, 3.05) is 32.7 Å². The molecule has 0 aliphatic carbocycles. The highest BCUT2D eigenvalue weighted by atomic mass is 35.5. The molecule has 0 bridgehead atoms. The van der Waals surface area contributed by atoms with Gasteiger partial charge in [0, 0.05) is 41.8 Å². The first-order valence-electron chi connectivity index (χ1n) is 10.9. The number of aryl methyl sites for hydroxylation is 1. The number of benzene rings is 2. The predicted octanol–water partition coefficient (Wildman–Crippen LogP) is 2.60. The Bertz CT molecular complexity index is 1290. The molecule has 2 saturated heterocycles. The van der Waals surface area contributed by atoms with Gasteiger partial charge in [-0.15, -0.1) is 0 Å². The molecule has 0 aromatic heterocycles. The number of sulfonamides is 1. The zero-order chi connectivity index (χ0) is 25.5. The van der Waals surface area contributed by atoms with Gasteiger partial charge in [0.05, 0.1) is 4.90 Å². The third-order valence-corrected chi connectivity index (χ3v) is 8.75. The lowest BCUT2D eigenvalue weighted by Crippen LogP contribution is -2.53. The van der Waals surface area contributed by atoms with Gasteiger partial charge in [0.15, 0.2) is 0 Å². The second kappa shape index (κ2) is 9.42. The first kappa shape index (κ1) is 25.4. The Morgan fingerprint density at radius 1 is 1.03 bits per heavy atom. The maximum Gasteiger partial charge on any atom is 0.325 e. The first-order chi connectivity index (χ1) is 16.4. The van der Waals surface area contributed by atoms with Gasteiger partial charge in [-0.05, 0) is 38.1 Å². The quantitative estimate of drug-likeness (QED) is 0.588. The summed E-state index contributed by atoms with van der Waals surface area (Å²) >= 11 is 12.2. The number of urea groups is 1. The average molecular weight is 539 g/mol. The van der Waals surface area contributed by atoms with Gasteiger partial charge in [-0.1, -0.05) is 47.0 Å². The van der Waals surface area contributed by atoms with E-state index in [1.54, 1.807) is 36.4 Å². The van der Waals surface area contributed by atoms with Crippen molar-refractivity contribution in [3.63, 3.8) is 0 Å². The molecule has 1 atom stereocenters. The number of carbonyl (C=O) groups excluding carboxylic acids is 3. The number of piperazine rings is 1. The van der Waals surface area contributed by atoms with Gasteiger partial charge in [0.2, 0.25) is 15.9 Å². The molecule has 2 aliphatic rings. The molecule has 4 rings (SSSR count). The number of rotatable bonds is 5. The van der Waals surface area contributed by atoms with Crippen LogP contribution in [0.3, 0.4) is 0 Å². The zero-order valence-electron chi connectivity index (χ0n) is 19.1. The smallest absolute Gasteiger partial charge is 0.325 e. The molecular formula is C23H24Cl2N4O5S. The van der Waals surface area contributed by atoms with E-state index in [0.717, 1.165) is 10.5 Å². The van der Waals surface area contributed by atoms with Crippen LogP contribution >= 0.6 is 23.2 Å². The van der Waals surface area contributed by atoms with Crippen molar-refractivity contribution in [1.29, 1.82) is 0 Å². The summed E-state index contributed by atoms with van der Waals surface area (Å²) in [6.45, 7) is 3.44. The molecule has 4 amide bonds. The minimum atomic E-state index is -3.68. The second-order valence-electron chi connectivity index (χ2n) is 8.67. The number of imide groups is 1. The molecular weight excluding hydrogens is 515 g/mol. The van der Waals surface area contributed by atoms with Crippen LogP contribution in [-0.2, 0) is 25.2 Å². The Balaban J connectivity index is 1.41. The lowest BCUT2D eigenvalue weighted by atomic mass is 9.92. The van der Waals surface area contributed by atoms with E-state index in [4.69, 9.17) is 23.2 Å². The van der Waals surface area contributed by atoms with Crippen molar-refractivity contribution in [1.82, 2.24) is 19.4 Å². The van der Waals surface area contributed by atoms with Crippen molar-refractivity contribution < 1.29 is 22.8 Å². The van der Waals surface area contributed by atoms with Crippen LogP contribution in [0.5, 0.6) is 0 Å². The van der Waals surface area contributed by atoms with E-state index in [1.165, 1.54) is 22.2 Å². The highest BCUT2D eigenvalue weighted by Gasteiger charge is 2.50. The Kier molecular flexibility index (Phi) is 6.85. The molecule has 12 heteroatoms. The lowest BCUT2D eigenvalue weighted by Gasteiger charge is -2.34. The van der Waals surface area contributed by atoms with Gasteiger partial charge in [0.1, 0.15) is 12.1 Å². The van der Waals surface area contributed by atoms with Crippen LogP contribution in [-0.4, -0.2) is 73.1 Å². The van der Waals surface area contributed by atoms with Crippen LogP contribution < -0.4 is 5.32 Å². The number of hydrogen-bond donors (Lipinski definition) is 1. The highest BCUT2D eigenvalue weighted by molar-refractivity contribution is 7.89. The monoisotopic (exact) mass is 538 g/mol. The highest BCUT2D eigenvalue weighted by Crippen LogP contribution is 2.35. The van der Waals surface area contributed by atoms with Crippen LogP contribution in [0.25, 0.3) is 0 Å². The minimum Gasteiger partial charge on any atom is -0.338 e. The molecule has 2 aromatic carbocycles. The van der Waals surface area contributed by atoms with Crippen LogP contribution in [0.4, 0.5) is 4.79 Å². The van der Waals surface area contributed by atoms with Crippen LogP contribution in [0.1, 0.15) is 18.1 Å². The van der Waals surface area contributed by atoms with Gasteiger partial charge < -0.3 is 10.2 Å². The standard InChI is InChI=1S/C23H24Cl2N4O5S/c1-15-3-6-17(7-4-15)35(33,34)28-11-9-27(10-12-28)20(30)14-29-21(31)23(2,26-22(29)32)18-8-5-16(24)13-19(18)25/h3-8,13H,9-12,14H2,1-2H3,(H,26,32)/t23-/m1/s1. The summed E-state index contributed by atoms with van der Waals surface area (Å²) in [4.78, 5) is 41.2. The summed E-state index contributed by atoms with van der Waals surface area (Å²) in [6.07, 6.45) is 0. The van der Waals surface area contributed by atoms with Crippen molar-refractivity contribution >= 4 is 51.1 Å². The molecule has 1 N–H and O–H groups in total. The summed E-state index contributed by atoms with van der Waals surface area (Å²) in [5.41, 5.74) is -0.124. The number of amides is 4. The summed E-state index contributed by atoms with van der Waals surface area (Å²) in [6, 6.07) is 10.5. The molecule has 0 saturated carbocycles. The summed E-state index contributed by atoms with van der Waals surface area (Å²) in [5.74, 6) is -1.06. The Morgan fingerprint density at radius 3 is 2.26 bits per heavy atom. The predicted molar refractivity (Wildman–Crippen MR) is 131 cm³/mol. The van der Waals surface area contributed by atoms with E-state index in [9.17, 15) is 22.8 Å². The fourth-order valence-corrected chi connectivity index (χ4v) is 6.21. The molecule has 2 aromatic rings. The minimum absolute atomic E-state index is 0.111. The van der Waals surface area contributed by atoms with Crippen LogP contribution in [0, 0.1) is 6.92 Å². The second-order valence-corrected chi connectivity index (χ2v) is 11.5. The van der Waals surface area contributed by atoms with E-state index < -0.39 is 40.0 Å². The molecule has 2 fully saturated rings. The first-order valence-corrected chi connectivity index (χ1v) is 13.1. The maximum absolute atomic E-state index is 13.2. The van der Waals surface area contributed by atoms with Crippen LogP contribution in [0.2, 0.25) is 10.0 Å². The van der Waals surface area contributed by atoms with Gasteiger partial charge in [0.25, 0.3) is 5.91 Å². The fourth-order valence-electron chi connectivity index (χ4n) is 4.19. The number of nitrogens with zero attached hydrogens (tertiary/aromatic N) is 3. The number of halogens is 2. The van der Waals surface area contributed by atoms with E-state index in [0.29, 0.717) is 10.6 Å². The Hall–Kier alpha value is -2.66. The van der Waals surface area contributed by atoms with Gasteiger partial charge in [-0.3, -0.25) is 14.5 Å². The fraction of sp³-hybridized carbons (Fsp3) is 0.348. The SMILES string of the molecule is Cc1ccc(S(=O)(=O)N2CCN(C(=O)CN3C(=O)N[C@](C)(c4ccc(Cl)cc4Cl)C3=O)CC2)cc1. The third kappa shape index (κ3) is 4.75. The molecule has 2 aliphatic heterocycles. The zero-order valence-corrected chi connectivity index (χ0v) is 21.5. The molecule has 0 radical (unpaired) electrons. The van der Waals surface area contributed by atoms with Gasteiger partial charge >= 0.3 is 6.03 Å². The molecule has 35 heavy (non-hydrogen) atoms. The molecule has 9 nitrogen and oxygen atoms in total. The molecule has 2 heterocycles. The van der Waals surface area contributed by atoms with Gasteiger partial charge in [-0.25, -0.2) is 13.2 Å². The lowest BCUT2D eigenvalue weighted by molar-refractivity contribution is -0.139. The van der Waals surface area contributed by atoms with Crippen molar-refractivity contribution in [2.24, 2.45) is 0 Å². The largest absolute Gasteiger partial charge is 0.338 e. The average Bonchev–Trinajstić information content (AvgIpc) is 3.02. The number of hydrogen-bond acceptors (Lipinski definition) is 5. The third-order valence-electron chi connectivity index (χ3n) is 6.29. The Labute approximate surface area is 213 Å². The normalized spacial score (nSPS) is 21.4. The number of nitrogens with one attached hydrogen (secondary N) is 1. The van der Waals surface area contributed by atoms with E-state index in [-0.39, 0.29) is 36.1 Å². The van der Waals surface area contributed by atoms with Gasteiger partial charge in [-0.2, -0.15) is 4.31 Å². The Morgan fingerprint density at radius 2 is 1.66 bits per heavy atom. The summed E-state index contributed by atoms with van der Waals surface area (Å²) < 4.78 is 27.1. The molecule has 0 unspecified atom stereocenters. The molecule has 0 spiro atoms. The van der Waals surface area contributed by atoms with Crippen LogP contribution in [0.15, 0.2) is 47.4 Å². The topological polar surface area (TPSA) is 107 Å². The van der Waals surface area contributed by atoms with Crippen molar-refractivity contribution in [3.05, 3.63) is 63.6 Å². The van der Waals surface area contributed by atoms with Crippen molar-refractivity contribution in [2.45, 2.75) is 24.3 Å². The maximum atomic E-state index is 13.2.